The van der Waals surface area contributed by atoms with Crippen LogP contribution in [0.2, 0.25) is 0 Å². The number of rotatable bonds is 6. The molecule has 0 radical (unpaired) electrons. The molecular formula is C16H16N2O2. The van der Waals surface area contributed by atoms with E-state index in [1.54, 1.807) is 0 Å². The van der Waals surface area contributed by atoms with Gasteiger partial charge in [0.05, 0.1) is 11.4 Å². The second-order valence-corrected chi connectivity index (χ2v) is 4.26. The Labute approximate surface area is 118 Å². The van der Waals surface area contributed by atoms with Crippen LogP contribution in [0.15, 0.2) is 64.8 Å². The van der Waals surface area contributed by atoms with Gasteiger partial charge in [0.1, 0.15) is 6.10 Å². The van der Waals surface area contributed by atoms with Crippen LogP contribution in [-0.4, -0.2) is 6.47 Å². The number of ether oxygens (including phenoxy) is 1. The van der Waals surface area contributed by atoms with Gasteiger partial charge in [-0.1, -0.05) is 37.3 Å². The van der Waals surface area contributed by atoms with Gasteiger partial charge in [-0.25, -0.2) is 0 Å². The molecule has 0 aromatic heterocycles. The Morgan fingerprint density at radius 2 is 1.60 bits per heavy atom. The SMILES string of the molecule is CCC(OC=O)c1ccc(N=Nc2ccccc2)cc1. The predicted octanol–water partition coefficient (Wildman–Crippen LogP) is 4.73. The third-order valence-corrected chi connectivity index (χ3v) is 2.89. The van der Waals surface area contributed by atoms with Gasteiger partial charge >= 0.3 is 0 Å². The van der Waals surface area contributed by atoms with Crippen LogP contribution < -0.4 is 0 Å². The summed E-state index contributed by atoms with van der Waals surface area (Å²) in [5.74, 6) is 0. The van der Waals surface area contributed by atoms with Crippen LogP contribution in [0.3, 0.4) is 0 Å². The van der Waals surface area contributed by atoms with Gasteiger partial charge in [0.15, 0.2) is 0 Å². The molecule has 2 aromatic rings. The summed E-state index contributed by atoms with van der Waals surface area (Å²) < 4.78 is 5.01. The molecule has 0 saturated heterocycles. The topological polar surface area (TPSA) is 51.0 Å². The van der Waals surface area contributed by atoms with Gasteiger partial charge in [-0.15, -0.1) is 0 Å². The molecule has 2 aromatic carbocycles. The van der Waals surface area contributed by atoms with Crippen LogP contribution in [0.25, 0.3) is 0 Å². The molecule has 20 heavy (non-hydrogen) atoms. The Balaban J connectivity index is 2.08. The zero-order valence-corrected chi connectivity index (χ0v) is 11.3. The number of azo groups is 1. The summed E-state index contributed by atoms with van der Waals surface area (Å²) in [5, 5.41) is 8.31. The molecule has 2 rings (SSSR count). The molecule has 0 fully saturated rings. The minimum absolute atomic E-state index is 0.201. The summed E-state index contributed by atoms with van der Waals surface area (Å²) in [4.78, 5) is 10.4. The molecule has 0 heterocycles. The fourth-order valence-corrected chi connectivity index (χ4v) is 1.84. The number of benzene rings is 2. The fourth-order valence-electron chi connectivity index (χ4n) is 1.84. The number of hydrogen-bond acceptors (Lipinski definition) is 4. The Hall–Kier alpha value is -2.49. The van der Waals surface area contributed by atoms with Gasteiger partial charge in [0.25, 0.3) is 6.47 Å². The van der Waals surface area contributed by atoms with Crippen molar-refractivity contribution in [3.63, 3.8) is 0 Å². The predicted molar refractivity (Wildman–Crippen MR) is 77.2 cm³/mol. The lowest BCUT2D eigenvalue weighted by atomic mass is 10.1. The molecule has 1 unspecified atom stereocenters. The van der Waals surface area contributed by atoms with Crippen molar-refractivity contribution in [2.45, 2.75) is 19.4 Å². The van der Waals surface area contributed by atoms with Crippen molar-refractivity contribution in [3.05, 3.63) is 60.2 Å². The van der Waals surface area contributed by atoms with Crippen molar-refractivity contribution >= 4 is 17.8 Å². The lowest BCUT2D eigenvalue weighted by Crippen LogP contribution is -2.01. The Morgan fingerprint density at radius 3 is 2.15 bits per heavy atom. The number of carbonyl (C=O) groups is 1. The third-order valence-electron chi connectivity index (χ3n) is 2.89. The quantitative estimate of drug-likeness (QED) is 0.562. The average molecular weight is 268 g/mol. The molecule has 0 N–H and O–H groups in total. The molecule has 1 atom stereocenters. The molecule has 0 aliphatic heterocycles. The van der Waals surface area contributed by atoms with E-state index in [9.17, 15) is 4.79 Å². The highest BCUT2D eigenvalue weighted by atomic mass is 16.5. The summed E-state index contributed by atoms with van der Waals surface area (Å²) in [7, 11) is 0. The van der Waals surface area contributed by atoms with E-state index in [4.69, 9.17) is 4.74 Å². The van der Waals surface area contributed by atoms with Crippen molar-refractivity contribution in [2.75, 3.05) is 0 Å². The molecule has 4 heteroatoms. The normalized spacial score (nSPS) is 12.2. The fraction of sp³-hybridized carbons (Fsp3) is 0.188. The molecule has 0 bridgehead atoms. The average Bonchev–Trinajstić information content (AvgIpc) is 2.52. The summed E-state index contributed by atoms with van der Waals surface area (Å²) in [6.07, 6.45) is 0.538. The summed E-state index contributed by atoms with van der Waals surface area (Å²) >= 11 is 0. The van der Waals surface area contributed by atoms with E-state index < -0.39 is 0 Å². The number of hydrogen-bond donors (Lipinski definition) is 0. The molecule has 0 aliphatic rings. The van der Waals surface area contributed by atoms with Crippen molar-refractivity contribution in [2.24, 2.45) is 10.2 Å². The van der Waals surface area contributed by atoms with Crippen LogP contribution in [0.5, 0.6) is 0 Å². The molecule has 102 valence electrons. The smallest absolute Gasteiger partial charge is 0.293 e. The highest BCUT2D eigenvalue weighted by Gasteiger charge is 2.08. The third kappa shape index (κ3) is 3.75. The molecular weight excluding hydrogens is 252 g/mol. The van der Waals surface area contributed by atoms with E-state index in [2.05, 4.69) is 10.2 Å². The second kappa shape index (κ2) is 7.19. The van der Waals surface area contributed by atoms with Gasteiger partial charge in [0.2, 0.25) is 0 Å². The maximum Gasteiger partial charge on any atom is 0.293 e. The molecule has 0 amide bonds. The first-order valence-electron chi connectivity index (χ1n) is 6.49. The Morgan fingerprint density at radius 1 is 1.00 bits per heavy atom. The zero-order chi connectivity index (χ0) is 14.2. The highest BCUT2D eigenvalue weighted by Crippen LogP contribution is 2.24. The van der Waals surface area contributed by atoms with E-state index in [1.165, 1.54) is 0 Å². The van der Waals surface area contributed by atoms with Crippen molar-refractivity contribution in [1.29, 1.82) is 0 Å². The Bertz CT molecular complexity index is 565. The first-order chi connectivity index (χ1) is 9.83. The van der Waals surface area contributed by atoms with Crippen LogP contribution in [0, 0.1) is 0 Å². The van der Waals surface area contributed by atoms with Gasteiger partial charge in [-0.2, -0.15) is 10.2 Å². The van der Waals surface area contributed by atoms with E-state index in [1.807, 2.05) is 61.5 Å². The monoisotopic (exact) mass is 268 g/mol. The van der Waals surface area contributed by atoms with Crippen LogP contribution in [0.1, 0.15) is 25.0 Å². The van der Waals surface area contributed by atoms with E-state index >= 15 is 0 Å². The van der Waals surface area contributed by atoms with Gasteiger partial charge in [-0.05, 0) is 36.2 Å². The van der Waals surface area contributed by atoms with Gasteiger partial charge in [-0.3, -0.25) is 4.79 Å². The highest BCUT2D eigenvalue weighted by molar-refractivity contribution is 5.43. The first kappa shape index (κ1) is 13.9. The van der Waals surface area contributed by atoms with Gasteiger partial charge in [0, 0.05) is 0 Å². The van der Waals surface area contributed by atoms with Crippen molar-refractivity contribution < 1.29 is 9.53 Å². The van der Waals surface area contributed by atoms with Crippen LogP contribution >= 0.6 is 0 Å². The lowest BCUT2D eigenvalue weighted by Gasteiger charge is -2.12. The summed E-state index contributed by atoms with van der Waals surface area (Å²) in [6, 6.07) is 17.1. The van der Waals surface area contributed by atoms with E-state index in [0.717, 1.165) is 23.4 Å². The van der Waals surface area contributed by atoms with E-state index in [-0.39, 0.29) is 6.10 Å². The number of nitrogens with zero attached hydrogens (tertiary/aromatic N) is 2. The maximum atomic E-state index is 10.4. The first-order valence-corrected chi connectivity index (χ1v) is 6.49. The molecule has 0 aliphatic carbocycles. The lowest BCUT2D eigenvalue weighted by molar-refractivity contribution is -0.134. The maximum absolute atomic E-state index is 10.4. The summed E-state index contributed by atoms with van der Waals surface area (Å²) in [5.41, 5.74) is 2.53. The molecule has 0 spiro atoms. The minimum atomic E-state index is -0.201. The number of carbonyl (C=O) groups excluding carboxylic acids is 1. The standard InChI is InChI=1S/C16H16N2O2/c1-2-16(20-12-19)13-8-10-15(11-9-13)18-17-14-6-4-3-5-7-14/h3-12,16H,2H2,1H3. The molecule has 0 saturated carbocycles. The largest absolute Gasteiger partial charge is 0.460 e. The van der Waals surface area contributed by atoms with Crippen molar-refractivity contribution in [1.82, 2.24) is 0 Å². The van der Waals surface area contributed by atoms with E-state index in [0.29, 0.717) is 6.47 Å². The Kier molecular flexibility index (Phi) is 5.00. The van der Waals surface area contributed by atoms with Gasteiger partial charge < -0.3 is 4.74 Å². The summed E-state index contributed by atoms with van der Waals surface area (Å²) in [6.45, 7) is 2.45. The van der Waals surface area contributed by atoms with Crippen LogP contribution in [-0.2, 0) is 9.53 Å². The van der Waals surface area contributed by atoms with Crippen molar-refractivity contribution in [3.8, 4) is 0 Å². The molecule has 4 nitrogen and oxygen atoms in total. The second-order valence-electron chi connectivity index (χ2n) is 4.26. The minimum Gasteiger partial charge on any atom is -0.460 e. The zero-order valence-electron chi connectivity index (χ0n) is 11.3. The van der Waals surface area contributed by atoms with Crippen LogP contribution in [0.4, 0.5) is 11.4 Å².